The summed E-state index contributed by atoms with van der Waals surface area (Å²) in [7, 11) is -3.57. The van der Waals surface area contributed by atoms with Gasteiger partial charge in [0.25, 0.3) is 10.1 Å². The van der Waals surface area contributed by atoms with Crippen molar-refractivity contribution in [2.75, 3.05) is 19.5 Å². The molecular weight excluding hydrogens is 310 g/mol. The number of nitrogens with zero attached hydrogens (tertiary/aromatic N) is 1. The van der Waals surface area contributed by atoms with Crippen LogP contribution in [0, 0.1) is 0 Å². The van der Waals surface area contributed by atoms with Gasteiger partial charge in [0.05, 0.1) is 25.2 Å². The topological polar surface area (TPSA) is 95.0 Å². The van der Waals surface area contributed by atoms with Gasteiger partial charge in [-0.1, -0.05) is 6.07 Å². The molecule has 0 amide bonds. The van der Waals surface area contributed by atoms with Crippen LogP contribution in [0.2, 0.25) is 0 Å². The third-order valence-corrected chi connectivity index (χ3v) is 3.79. The lowest BCUT2D eigenvalue weighted by atomic mass is 10.1. The van der Waals surface area contributed by atoms with E-state index in [2.05, 4.69) is 9.17 Å². The van der Waals surface area contributed by atoms with Crippen LogP contribution in [0.15, 0.2) is 18.3 Å². The van der Waals surface area contributed by atoms with E-state index in [1.54, 1.807) is 12.1 Å². The lowest BCUT2D eigenvalue weighted by molar-refractivity contribution is -0.169. The van der Waals surface area contributed by atoms with Gasteiger partial charge in [0.1, 0.15) is 6.10 Å². The number of rotatable bonds is 7. The molecule has 0 aliphatic carbocycles. The van der Waals surface area contributed by atoms with Crippen LogP contribution in [0.3, 0.4) is 0 Å². The highest BCUT2D eigenvalue weighted by Crippen LogP contribution is 2.16. The fourth-order valence-electron chi connectivity index (χ4n) is 2.02. The van der Waals surface area contributed by atoms with Gasteiger partial charge in [0.15, 0.2) is 6.29 Å². The number of hydrogen-bond donors (Lipinski definition) is 1. The van der Waals surface area contributed by atoms with Crippen molar-refractivity contribution in [3.8, 4) is 0 Å². The summed E-state index contributed by atoms with van der Waals surface area (Å²) in [5.41, 5.74) is 1.20. The average Bonchev–Trinajstić information content (AvgIpc) is 2.51. The molecule has 0 spiro atoms. The predicted molar refractivity (Wildman–Crippen MR) is 78.4 cm³/mol. The van der Waals surface area contributed by atoms with Crippen LogP contribution < -0.4 is 0 Å². The number of aliphatic hydroxyl groups excluding tert-OH is 1. The largest absolute Gasteiger partial charge is 0.386 e. The Bertz CT molecular complexity index is 553. The number of ether oxygens (including phenoxy) is 2. The molecule has 2 heterocycles. The molecular formula is C14H21NO6S. The van der Waals surface area contributed by atoms with Gasteiger partial charge in [-0.05, 0) is 25.3 Å². The second-order valence-electron chi connectivity index (χ2n) is 5.19. The van der Waals surface area contributed by atoms with Crippen molar-refractivity contribution in [2.24, 2.45) is 0 Å². The summed E-state index contributed by atoms with van der Waals surface area (Å²) in [5, 5.41) is 9.83. The van der Waals surface area contributed by atoms with E-state index < -0.39 is 16.2 Å². The van der Waals surface area contributed by atoms with Crippen LogP contribution in [0.1, 0.15) is 36.6 Å². The van der Waals surface area contributed by atoms with Gasteiger partial charge in [-0.3, -0.25) is 9.17 Å². The highest BCUT2D eigenvalue weighted by atomic mass is 32.2. The Kier molecular flexibility index (Phi) is 6.27. The quantitative estimate of drug-likeness (QED) is 0.748. The first-order valence-corrected chi connectivity index (χ1v) is 8.96. The Hall–Kier alpha value is -1.06. The van der Waals surface area contributed by atoms with Gasteiger partial charge in [0.2, 0.25) is 0 Å². The van der Waals surface area contributed by atoms with E-state index in [0.717, 1.165) is 32.1 Å². The summed E-state index contributed by atoms with van der Waals surface area (Å²) in [4.78, 5) is 4.18. The molecule has 0 bridgehead atoms. The highest BCUT2D eigenvalue weighted by Gasteiger charge is 2.15. The first-order valence-electron chi connectivity index (χ1n) is 7.14. The van der Waals surface area contributed by atoms with E-state index in [9.17, 15) is 13.5 Å². The Balaban J connectivity index is 1.81. The maximum absolute atomic E-state index is 10.9. The minimum atomic E-state index is -3.57. The monoisotopic (exact) mass is 331 g/mol. The average molecular weight is 331 g/mol. The molecule has 0 aromatic carbocycles. The van der Waals surface area contributed by atoms with Crippen LogP contribution >= 0.6 is 0 Å². The Morgan fingerprint density at radius 3 is 2.86 bits per heavy atom. The Morgan fingerprint density at radius 1 is 1.45 bits per heavy atom. The summed E-state index contributed by atoms with van der Waals surface area (Å²) >= 11 is 0. The summed E-state index contributed by atoms with van der Waals surface area (Å²) in [6.45, 7) is 0.733. The third kappa shape index (κ3) is 5.98. The van der Waals surface area contributed by atoms with Gasteiger partial charge in [0, 0.05) is 18.4 Å². The van der Waals surface area contributed by atoms with Crippen LogP contribution in [-0.2, 0) is 30.4 Å². The molecule has 0 radical (unpaired) electrons. The molecule has 1 unspecified atom stereocenters. The highest BCUT2D eigenvalue weighted by molar-refractivity contribution is 7.85. The van der Waals surface area contributed by atoms with Gasteiger partial charge < -0.3 is 14.6 Å². The second kappa shape index (κ2) is 7.98. The molecule has 1 fully saturated rings. The summed E-state index contributed by atoms with van der Waals surface area (Å²) in [5.74, 6) is 0. The number of aromatic nitrogens is 1. The molecule has 1 aromatic heterocycles. The summed E-state index contributed by atoms with van der Waals surface area (Å²) in [6.07, 6.45) is 4.26. The maximum atomic E-state index is 10.9. The third-order valence-electron chi connectivity index (χ3n) is 3.23. The van der Waals surface area contributed by atoms with Crippen molar-refractivity contribution in [2.45, 2.75) is 38.3 Å². The number of aliphatic hydroxyl groups is 1. The van der Waals surface area contributed by atoms with Crippen LogP contribution in [0.5, 0.6) is 0 Å². The fourth-order valence-corrected chi connectivity index (χ4v) is 2.40. The maximum Gasteiger partial charge on any atom is 0.264 e. The molecule has 8 heteroatoms. The SMILES string of the molecule is CS(=O)(=O)OC[C@@H](O)c1ccc(COC2CCCCO2)nc1. The van der Waals surface area contributed by atoms with Gasteiger partial charge in [-0.15, -0.1) is 0 Å². The van der Waals surface area contributed by atoms with E-state index in [4.69, 9.17) is 9.47 Å². The second-order valence-corrected chi connectivity index (χ2v) is 6.84. The van der Waals surface area contributed by atoms with Gasteiger partial charge >= 0.3 is 0 Å². The van der Waals surface area contributed by atoms with Crippen molar-refractivity contribution in [3.63, 3.8) is 0 Å². The van der Waals surface area contributed by atoms with Crippen LogP contribution in [0.25, 0.3) is 0 Å². The minimum Gasteiger partial charge on any atom is -0.386 e. The van der Waals surface area contributed by atoms with Gasteiger partial charge in [-0.25, -0.2) is 0 Å². The predicted octanol–water partition coefficient (Wildman–Crippen LogP) is 1.13. The number of hydrogen-bond acceptors (Lipinski definition) is 7. The van der Waals surface area contributed by atoms with Crippen molar-refractivity contribution in [1.82, 2.24) is 4.98 Å². The van der Waals surface area contributed by atoms with E-state index in [1.165, 1.54) is 6.20 Å². The van der Waals surface area contributed by atoms with Crippen molar-refractivity contribution >= 4 is 10.1 Å². The van der Waals surface area contributed by atoms with Crippen molar-refractivity contribution < 1.29 is 27.2 Å². The molecule has 1 aliphatic heterocycles. The first kappa shape index (κ1) is 17.3. The molecule has 124 valence electrons. The van der Waals surface area contributed by atoms with E-state index in [-0.39, 0.29) is 12.9 Å². The Labute approximate surface area is 130 Å². The van der Waals surface area contributed by atoms with E-state index in [1.807, 2.05) is 0 Å². The molecule has 7 nitrogen and oxygen atoms in total. The smallest absolute Gasteiger partial charge is 0.264 e. The normalized spacial score (nSPS) is 20.7. The summed E-state index contributed by atoms with van der Waals surface area (Å²) < 4.78 is 37.4. The van der Waals surface area contributed by atoms with Crippen LogP contribution in [-0.4, -0.2) is 44.3 Å². The molecule has 0 saturated carbocycles. The molecule has 1 aromatic rings. The molecule has 1 N–H and O–H groups in total. The molecule has 22 heavy (non-hydrogen) atoms. The standard InChI is InChI=1S/C14H21NO6S/c1-22(17,18)21-10-13(16)11-5-6-12(15-8-11)9-20-14-4-2-3-7-19-14/h5-6,8,13-14,16H,2-4,7,9-10H2,1H3/t13-,14?/m1/s1. The molecule has 1 aliphatic rings. The minimum absolute atomic E-state index is 0.177. The lowest BCUT2D eigenvalue weighted by Crippen LogP contribution is -2.22. The van der Waals surface area contributed by atoms with Crippen molar-refractivity contribution in [1.29, 1.82) is 0 Å². The Morgan fingerprint density at radius 2 is 2.27 bits per heavy atom. The molecule has 2 rings (SSSR count). The first-order chi connectivity index (χ1) is 10.4. The summed E-state index contributed by atoms with van der Waals surface area (Å²) in [6, 6.07) is 3.39. The van der Waals surface area contributed by atoms with Crippen LogP contribution in [0.4, 0.5) is 0 Å². The van der Waals surface area contributed by atoms with E-state index >= 15 is 0 Å². The fraction of sp³-hybridized carbons (Fsp3) is 0.643. The zero-order chi connectivity index (χ0) is 16.0. The lowest BCUT2D eigenvalue weighted by Gasteiger charge is -2.22. The van der Waals surface area contributed by atoms with Crippen molar-refractivity contribution in [3.05, 3.63) is 29.6 Å². The number of pyridine rings is 1. The molecule has 2 atom stereocenters. The zero-order valence-corrected chi connectivity index (χ0v) is 13.3. The zero-order valence-electron chi connectivity index (χ0n) is 12.5. The van der Waals surface area contributed by atoms with Gasteiger partial charge in [-0.2, -0.15) is 8.42 Å². The van der Waals surface area contributed by atoms with E-state index in [0.29, 0.717) is 17.9 Å². The molecule has 1 saturated heterocycles.